The van der Waals surface area contributed by atoms with Gasteiger partial charge in [0.15, 0.2) is 0 Å². The number of methoxy groups -OCH3 is 1. The van der Waals surface area contributed by atoms with E-state index in [9.17, 15) is 18.0 Å². The van der Waals surface area contributed by atoms with E-state index in [1.54, 1.807) is 6.07 Å². The Bertz CT molecular complexity index is 652. The minimum absolute atomic E-state index is 0.120. The van der Waals surface area contributed by atoms with Crippen molar-refractivity contribution in [1.82, 2.24) is 0 Å². The molecular weight excluding hydrogens is 365 g/mol. The third kappa shape index (κ3) is 2.90. The molecule has 1 atom stereocenters. The van der Waals surface area contributed by atoms with Crippen LogP contribution in [-0.2, 0) is 19.9 Å². The Hall–Kier alpha value is -1.76. The fourth-order valence-electron chi connectivity index (χ4n) is 2.29. The van der Waals surface area contributed by atoms with Gasteiger partial charge in [0.2, 0.25) is 5.60 Å². The topological polar surface area (TPSA) is 35.5 Å². The summed E-state index contributed by atoms with van der Waals surface area (Å²) in [4.78, 5) is 11.7. The van der Waals surface area contributed by atoms with Gasteiger partial charge in [0.05, 0.1) is 7.11 Å². The average molecular weight is 377 g/mol. The summed E-state index contributed by atoms with van der Waals surface area (Å²) in [5.41, 5.74) is -2.94. The van der Waals surface area contributed by atoms with Gasteiger partial charge in [0, 0.05) is 22.0 Å². The van der Waals surface area contributed by atoms with E-state index in [1.807, 2.05) is 0 Å². The summed E-state index contributed by atoms with van der Waals surface area (Å²) in [6.45, 7) is 3.42. The Balaban J connectivity index is 2.60. The van der Waals surface area contributed by atoms with Crippen LogP contribution in [0.15, 0.2) is 52.7 Å². The molecule has 0 aromatic heterocycles. The lowest BCUT2D eigenvalue weighted by Crippen LogP contribution is -2.47. The maximum atomic E-state index is 13.8. The lowest BCUT2D eigenvalue weighted by molar-refractivity contribution is -0.273. The van der Waals surface area contributed by atoms with E-state index in [-0.39, 0.29) is 16.9 Å². The van der Waals surface area contributed by atoms with E-state index in [0.717, 1.165) is 13.2 Å². The summed E-state index contributed by atoms with van der Waals surface area (Å²) in [7, 11) is 1.11. The van der Waals surface area contributed by atoms with Crippen LogP contribution in [-0.4, -0.2) is 19.3 Å². The molecule has 1 aliphatic rings. The number of carbonyl (C=O) groups excluding carboxylic acids is 1. The van der Waals surface area contributed by atoms with E-state index in [0.29, 0.717) is 4.47 Å². The number of ether oxygens (including phenoxy) is 2. The first-order valence-corrected chi connectivity index (χ1v) is 6.98. The van der Waals surface area contributed by atoms with Crippen LogP contribution in [0.2, 0.25) is 0 Å². The Kier molecular flexibility index (Phi) is 4.37. The quantitative estimate of drug-likeness (QED) is 0.724. The Morgan fingerprint density at radius 1 is 1.45 bits per heavy atom. The predicted octanol–water partition coefficient (Wildman–Crippen LogP) is 4.24. The lowest BCUT2D eigenvalue weighted by atomic mass is 9.84. The van der Waals surface area contributed by atoms with Crippen LogP contribution < -0.4 is 0 Å². The third-order valence-electron chi connectivity index (χ3n) is 3.28. The van der Waals surface area contributed by atoms with Gasteiger partial charge in [-0.3, -0.25) is 0 Å². The van der Waals surface area contributed by atoms with Crippen molar-refractivity contribution < 1.29 is 27.4 Å². The number of hydrogen-bond donors (Lipinski definition) is 0. The van der Waals surface area contributed by atoms with Crippen LogP contribution in [0.1, 0.15) is 12.0 Å². The Morgan fingerprint density at radius 2 is 2.14 bits per heavy atom. The summed E-state index contributed by atoms with van der Waals surface area (Å²) in [5, 5.41) is 0. The highest BCUT2D eigenvalue weighted by atomic mass is 79.9. The molecule has 22 heavy (non-hydrogen) atoms. The molecule has 1 aliphatic heterocycles. The van der Waals surface area contributed by atoms with Crippen LogP contribution >= 0.6 is 15.9 Å². The van der Waals surface area contributed by atoms with Gasteiger partial charge in [-0.2, -0.15) is 13.2 Å². The number of carbonyl (C=O) groups is 1. The number of hydrogen-bond acceptors (Lipinski definition) is 3. The number of benzene rings is 1. The standard InChI is InChI=1S/C15H12BrF3O3/c1-9-6-10(13(20)21-2)8-14(22-9,15(17,18)19)11-4-3-5-12(16)7-11/h3-7H,1,8H2,2H3. The van der Waals surface area contributed by atoms with Crippen molar-refractivity contribution in [3.8, 4) is 0 Å². The van der Waals surface area contributed by atoms with Crippen LogP contribution in [0.5, 0.6) is 0 Å². The highest BCUT2D eigenvalue weighted by Gasteiger charge is 2.60. The maximum absolute atomic E-state index is 13.8. The second kappa shape index (κ2) is 5.79. The molecule has 0 aliphatic carbocycles. The molecular formula is C15H12BrF3O3. The second-order valence-electron chi connectivity index (χ2n) is 4.74. The normalized spacial score (nSPS) is 21.9. The number of rotatable bonds is 2. The zero-order valence-corrected chi connectivity index (χ0v) is 13.1. The first kappa shape index (κ1) is 16.6. The lowest BCUT2D eigenvalue weighted by Gasteiger charge is -2.39. The maximum Gasteiger partial charge on any atom is 0.432 e. The minimum Gasteiger partial charge on any atom is -0.473 e. The van der Waals surface area contributed by atoms with Crippen LogP contribution in [0, 0.1) is 0 Å². The molecule has 0 amide bonds. The molecule has 0 spiro atoms. The van der Waals surface area contributed by atoms with Gasteiger partial charge in [-0.25, -0.2) is 4.79 Å². The number of allylic oxidation sites excluding steroid dienone is 1. The summed E-state index contributed by atoms with van der Waals surface area (Å²) in [6, 6.07) is 5.67. The fourth-order valence-corrected chi connectivity index (χ4v) is 2.69. The van der Waals surface area contributed by atoms with E-state index < -0.39 is 24.2 Å². The molecule has 1 aromatic rings. The fraction of sp³-hybridized carbons (Fsp3) is 0.267. The zero-order chi connectivity index (χ0) is 16.5. The highest BCUT2D eigenvalue weighted by Crippen LogP contribution is 2.50. The van der Waals surface area contributed by atoms with E-state index in [4.69, 9.17) is 4.74 Å². The molecule has 0 saturated heterocycles. The summed E-state index contributed by atoms with van der Waals surface area (Å²) in [6.07, 6.45) is -4.27. The SMILES string of the molecule is C=C1C=C(C(=O)OC)CC(c2cccc(Br)c2)(C(F)(F)F)O1. The van der Waals surface area contributed by atoms with Crippen molar-refractivity contribution in [2.45, 2.75) is 18.2 Å². The average Bonchev–Trinajstić information content (AvgIpc) is 2.44. The Labute approximate surface area is 133 Å². The zero-order valence-electron chi connectivity index (χ0n) is 11.5. The molecule has 1 heterocycles. The monoisotopic (exact) mass is 376 g/mol. The molecule has 0 fully saturated rings. The number of alkyl halides is 3. The van der Waals surface area contributed by atoms with Crippen LogP contribution in [0.25, 0.3) is 0 Å². The van der Waals surface area contributed by atoms with Crippen molar-refractivity contribution in [3.63, 3.8) is 0 Å². The van der Waals surface area contributed by atoms with Gasteiger partial charge in [-0.15, -0.1) is 0 Å². The van der Waals surface area contributed by atoms with Crippen LogP contribution in [0.4, 0.5) is 13.2 Å². The van der Waals surface area contributed by atoms with Crippen LogP contribution in [0.3, 0.4) is 0 Å². The van der Waals surface area contributed by atoms with Crippen molar-refractivity contribution in [2.24, 2.45) is 0 Å². The molecule has 118 valence electrons. The van der Waals surface area contributed by atoms with Gasteiger partial charge in [-0.05, 0) is 18.2 Å². The van der Waals surface area contributed by atoms with Gasteiger partial charge in [-0.1, -0.05) is 34.6 Å². The third-order valence-corrected chi connectivity index (χ3v) is 3.77. The number of halogens is 4. The highest BCUT2D eigenvalue weighted by molar-refractivity contribution is 9.10. The van der Waals surface area contributed by atoms with E-state index >= 15 is 0 Å². The van der Waals surface area contributed by atoms with E-state index in [2.05, 4.69) is 27.2 Å². The van der Waals surface area contributed by atoms with Gasteiger partial charge in [0.1, 0.15) is 5.76 Å². The van der Waals surface area contributed by atoms with Gasteiger partial charge < -0.3 is 9.47 Å². The van der Waals surface area contributed by atoms with Crippen molar-refractivity contribution in [2.75, 3.05) is 7.11 Å². The molecule has 0 radical (unpaired) electrons. The molecule has 3 nitrogen and oxygen atoms in total. The van der Waals surface area contributed by atoms with Gasteiger partial charge >= 0.3 is 12.1 Å². The molecule has 1 unspecified atom stereocenters. The minimum atomic E-state index is -4.75. The Morgan fingerprint density at radius 3 is 2.68 bits per heavy atom. The molecule has 7 heteroatoms. The summed E-state index contributed by atoms with van der Waals surface area (Å²) >= 11 is 3.14. The van der Waals surface area contributed by atoms with Crippen molar-refractivity contribution in [3.05, 3.63) is 58.3 Å². The first-order chi connectivity index (χ1) is 10.2. The molecule has 0 bridgehead atoms. The summed E-state index contributed by atoms with van der Waals surface area (Å²) in [5.74, 6) is -1.09. The van der Waals surface area contributed by atoms with Gasteiger partial charge in [0.25, 0.3) is 0 Å². The number of esters is 1. The first-order valence-electron chi connectivity index (χ1n) is 6.19. The molecule has 2 rings (SSSR count). The van der Waals surface area contributed by atoms with Crippen molar-refractivity contribution >= 4 is 21.9 Å². The second-order valence-corrected chi connectivity index (χ2v) is 5.66. The smallest absolute Gasteiger partial charge is 0.432 e. The largest absolute Gasteiger partial charge is 0.473 e. The predicted molar refractivity (Wildman–Crippen MR) is 76.8 cm³/mol. The summed E-state index contributed by atoms with van der Waals surface area (Å²) < 4.78 is 51.4. The molecule has 1 aromatic carbocycles. The molecule has 0 saturated carbocycles. The van der Waals surface area contributed by atoms with Crippen molar-refractivity contribution in [1.29, 1.82) is 0 Å². The molecule has 0 N–H and O–H groups in total. The van der Waals surface area contributed by atoms with E-state index in [1.165, 1.54) is 18.2 Å².